The Morgan fingerprint density at radius 3 is 2.71 bits per heavy atom. The van der Waals surface area contributed by atoms with Crippen LogP contribution in [0.15, 0.2) is 36.9 Å². The number of rotatable bonds is 6. The van der Waals surface area contributed by atoms with Crippen molar-refractivity contribution < 1.29 is 8.42 Å². The number of aromatic nitrogens is 4. The third-order valence-corrected chi connectivity index (χ3v) is 7.02. The molecule has 1 N–H and O–H groups in total. The molecule has 148 valence electrons. The molecular formula is C19H24N6O2S. The summed E-state index contributed by atoms with van der Waals surface area (Å²) < 4.78 is 26.5. The number of piperazine rings is 1. The standard InChI is InChI=1S/C19H24N6O2S/c1-2-3-11-28(26,27)25-9-7-24(8-10-25)19-16-12-17(15-5-4-6-20-13-15)23-18(16)21-14-22-19/h4-6,12-14H,2-3,7-11H2,1H3,(H,21,22,23). The van der Waals surface area contributed by atoms with Crippen LogP contribution in [0.4, 0.5) is 5.82 Å². The molecule has 0 saturated carbocycles. The second-order valence-electron chi connectivity index (χ2n) is 6.94. The zero-order chi connectivity index (χ0) is 19.6. The van der Waals surface area contributed by atoms with Crippen molar-refractivity contribution in [3.8, 4) is 11.3 Å². The number of H-pyrrole nitrogens is 1. The van der Waals surface area contributed by atoms with E-state index >= 15 is 0 Å². The molecule has 0 radical (unpaired) electrons. The molecule has 0 aliphatic carbocycles. The van der Waals surface area contributed by atoms with Crippen LogP contribution in [0.1, 0.15) is 19.8 Å². The van der Waals surface area contributed by atoms with Gasteiger partial charge in [-0.1, -0.05) is 13.3 Å². The fraction of sp³-hybridized carbons (Fsp3) is 0.421. The van der Waals surface area contributed by atoms with E-state index in [1.807, 2.05) is 25.1 Å². The van der Waals surface area contributed by atoms with Gasteiger partial charge in [-0.15, -0.1) is 0 Å². The van der Waals surface area contributed by atoms with Crippen LogP contribution in [0.25, 0.3) is 22.3 Å². The minimum atomic E-state index is -3.16. The summed E-state index contributed by atoms with van der Waals surface area (Å²) >= 11 is 0. The highest BCUT2D eigenvalue weighted by Gasteiger charge is 2.27. The lowest BCUT2D eigenvalue weighted by Crippen LogP contribution is -2.49. The highest BCUT2D eigenvalue weighted by molar-refractivity contribution is 7.89. The van der Waals surface area contributed by atoms with Crippen molar-refractivity contribution in [2.45, 2.75) is 19.8 Å². The maximum Gasteiger partial charge on any atom is 0.214 e. The van der Waals surface area contributed by atoms with Gasteiger partial charge in [0.05, 0.1) is 11.1 Å². The zero-order valence-corrected chi connectivity index (χ0v) is 16.7. The average Bonchev–Trinajstić information content (AvgIpc) is 3.17. The predicted octanol–water partition coefficient (Wildman–Crippen LogP) is 2.27. The quantitative estimate of drug-likeness (QED) is 0.682. The lowest BCUT2D eigenvalue weighted by molar-refractivity contribution is 0.383. The van der Waals surface area contributed by atoms with Gasteiger partial charge in [0, 0.05) is 49.8 Å². The van der Waals surface area contributed by atoms with Crippen molar-refractivity contribution in [2.75, 3.05) is 36.8 Å². The van der Waals surface area contributed by atoms with Crippen LogP contribution < -0.4 is 4.90 Å². The molecule has 3 aromatic rings. The number of nitrogens with one attached hydrogen (secondary N) is 1. The van der Waals surface area contributed by atoms with Crippen molar-refractivity contribution in [3.05, 3.63) is 36.9 Å². The Morgan fingerprint density at radius 2 is 2.00 bits per heavy atom. The molecule has 9 heteroatoms. The minimum Gasteiger partial charge on any atom is -0.353 e. The highest BCUT2D eigenvalue weighted by atomic mass is 32.2. The zero-order valence-electron chi connectivity index (χ0n) is 15.9. The van der Waals surface area contributed by atoms with Gasteiger partial charge >= 0.3 is 0 Å². The maximum atomic E-state index is 12.4. The Labute approximate surface area is 164 Å². The maximum absolute atomic E-state index is 12.4. The van der Waals surface area contributed by atoms with E-state index < -0.39 is 10.0 Å². The molecule has 1 fully saturated rings. The van der Waals surface area contributed by atoms with E-state index in [2.05, 4.69) is 24.8 Å². The van der Waals surface area contributed by atoms with Gasteiger partial charge in [-0.05, 0) is 24.6 Å². The Balaban J connectivity index is 1.55. The number of aromatic amines is 1. The van der Waals surface area contributed by atoms with Crippen LogP contribution in [-0.4, -0.2) is 64.6 Å². The lowest BCUT2D eigenvalue weighted by Gasteiger charge is -2.34. The van der Waals surface area contributed by atoms with Crippen molar-refractivity contribution in [1.29, 1.82) is 0 Å². The summed E-state index contributed by atoms with van der Waals surface area (Å²) in [7, 11) is -3.16. The van der Waals surface area contributed by atoms with Crippen LogP contribution in [0.5, 0.6) is 0 Å². The molecule has 4 rings (SSSR count). The van der Waals surface area contributed by atoms with Crippen LogP contribution in [0, 0.1) is 0 Å². The van der Waals surface area contributed by atoms with Crippen LogP contribution in [0.3, 0.4) is 0 Å². The lowest BCUT2D eigenvalue weighted by atomic mass is 10.2. The molecule has 1 aliphatic rings. The van der Waals surface area contributed by atoms with E-state index in [1.54, 1.807) is 23.0 Å². The second kappa shape index (κ2) is 7.84. The first-order chi connectivity index (χ1) is 13.6. The van der Waals surface area contributed by atoms with Gasteiger partial charge in [-0.2, -0.15) is 4.31 Å². The van der Waals surface area contributed by atoms with E-state index in [0.29, 0.717) is 32.6 Å². The van der Waals surface area contributed by atoms with Crippen molar-refractivity contribution in [1.82, 2.24) is 24.2 Å². The number of nitrogens with zero attached hydrogens (tertiary/aromatic N) is 5. The first-order valence-corrected chi connectivity index (χ1v) is 11.2. The summed E-state index contributed by atoms with van der Waals surface area (Å²) in [5, 5.41) is 0.934. The Hall–Kier alpha value is -2.52. The topological polar surface area (TPSA) is 95.1 Å². The molecule has 28 heavy (non-hydrogen) atoms. The van der Waals surface area contributed by atoms with Crippen molar-refractivity contribution in [3.63, 3.8) is 0 Å². The molecule has 3 aromatic heterocycles. The number of fused-ring (bicyclic) bond motifs is 1. The highest BCUT2D eigenvalue weighted by Crippen LogP contribution is 2.29. The van der Waals surface area contributed by atoms with Gasteiger partial charge in [0.2, 0.25) is 10.0 Å². The van der Waals surface area contributed by atoms with Gasteiger partial charge in [-0.3, -0.25) is 4.98 Å². The molecule has 0 aromatic carbocycles. The van der Waals surface area contributed by atoms with Gasteiger partial charge in [0.1, 0.15) is 17.8 Å². The molecule has 4 heterocycles. The SMILES string of the molecule is CCCCS(=O)(=O)N1CCN(c2ncnc3[nH]c(-c4cccnc4)cc23)CC1. The number of pyridine rings is 1. The first-order valence-electron chi connectivity index (χ1n) is 9.55. The number of hydrogen-bond donors (Lipinski definition) is 1. The van der Waals surface area contributed by atoms with Crippen LogP contribution in [0.2, 0.25) is 0 Å². The summed E-state index contributed by atoms with van der Waals surface area (Å²) in [6.07, 6.45) is 6.68. The molecule has 0 spiro atoms. The Kier molecular flexibility index (Phi) is 5.27. The summed E-state index contributed by atoms with van der Waals surface area (Å²) in [5.74, 6) is 1.06. The molecule has 0 unspecified atom stereocenters. The van der Waals surface area contributed by atoms with E-state index in [0.717, 1.165) is 34.5 Å². The van der Waals surface area contributed by atoms with E-state index in [1.165, 1.54) is 0 Å². The Bertz CT molecular complexity index is 1040. The number of anilines is 1. The number of hydrogen-bond acceptors (Lipinski definition) is 6. The average molecular weight is 401 g/mol. The minimum absolute atomic E-state index is 0.230. The van der Waals surface area contributed by atoms with Crippen LogP contribution in [-0.2, 0) is 10.0 Å². The predicted molar refractivity (Wildman–Crippen MR) is 110 cm³/mol. The second-order valence-corrected chi connectivity index (χ2v) is 9.03. The van der Waals surface area contributed by atoms with E-state index in [4.69, 9.17) is 0 Å². The molecule has 1 aliphatic heterocycles. The van der Waals surface area contributed by atoms with Gasteiger partial charge in [-0.25, -0.2) is 18.4 Å². The van der Waals surface area contributed by atoms with Gasteiger partial charge in [0.15, 0.2) is 0 Å². The number of unbranched alkanes of at least 4 members (excludes halogenated alkanes) is 1. The monoisotopic (exact) mass is 400 g/mol. The number of sulfonamides is 1. The van der Waals surface area contributed by atoms with Crippen LogP contribution >= 0.6 is 0 Å². The molecule has 8 nitrogen and oxygen atoms in total. The van der Waals surface area contributed by atoms with E-state index in [-0.39, 0.29) is 5.75 Å². The summed E-state index contributed by atoms with van der Waals surface area (Å²) in [4.78, 5) is 18.5. The molecule has 1 saturated heterocycles. The molecule has 0 atom stereocenters. The largest absolute Gasteiger partial charge is 0.353 e. The van der Waals surface area contributed by atoms with Gasteiger partial charge in [0.25, 0.3) is 0 Å². The normalized spacial score (nSPS) is 16.0. The Morgan fingerprint density at radius 1 is 1.18 bits per heavy atom. The molecule has 0 bridgehead atoms. The summed E-state index contributed by atoms with van der Waals surface area (Å²) in [6.45, 7) is 4.20. The summed E-state index contributed by atoms with van der Waals surface area (Å²) in [5.41, 5.74) is 2.69. The van der Waals surface area contributed by atoms with E-state index in [9.17, 15) is 8.42 Å². The molecular weight excluding hydrogens is 376 g/mol. The fourth-order valence-electron chi connectivity index (χ4n) is 3.49. The summed E-state index contributed by atoms with van der Waals surface area (Å²) in [6, 6.07) is 5.92. The molecule has 0 amide bonds. The first kappa shape index (κ1) is 18.8. The fourth-order valence-corrected chi connectivity index (χ4v) is 5.12. The van der Waals surface area contributed by atoms with Crippen molar-refractivity contribution >= 4 is 26.9 Å². The van der Waals surface area contributed by atoms with Gasteiger partial charge < -0.3 is 9.88 Å². The van der Waals surface area contributed by atoms with Crippen molar-refractivity contribution in [2.24, 2.45) is 0 Å². The third-order valence-electron chi connectivity index (χ3n) is 5.06. The third kappa shape index (κ3) is 3.72. The smallest absolute Gasteiger partial charge is 0.214 e.